The molecule has 104 valence electrons. The molecule has 1 aliphatic carbocycles. The summed E-state index contributed by atoms with van der Waals surface area (Å²) in [5.41, 5.74) is 5.83. The number of hydrogen-bond donors (Lipinski definition) is 2. The molecule has 1 aromatic carbocycles. The molecule has 0 aliphatic heterocycles. The van der Waals surface area contributed by atoms with Crippen LogP contribution in [-0.4, -0.2) is 24.6 Å². The van der Waals surface area contributed by atoms with Gasteiger partial charge in [-0.3, -0.25) is 4.79 Å². The van der Waals surface area contributed by atoms with E-state index < -0.39 is 0 Å². The minimum atomic E-state index is -0.0663. The molecule has 0 aromatic heterocycles. The molecule has 1 saturated carbocycles. The van der Waals surface area contributed by atoms with Crippen molar-refractivity contribution in [3.8, 4) is 5.75 Å². The number of rotatable bonds is 4. The maximum Gasteiger partial charge on any atom is 0.258 e. The Hall–Kier alpha value is -1.07. The van der Waals surface area contributed by atoms with Crippen LogP contribution in [-0.2, 0) is 4.79 Å². The Morgan fingerprint density at radius 2 is 1.89 bits per heavy atom. The van der Waals surface area contributed by atoms with Crippen LogP contribution in [0.5, 0.6) is 5.75 Å². The maximum absolute atomic E-state index is 11.8. The predicted octanol–water partition coefficient (Wildman–Crippen LogP) is 2.21. The van der Waals surface area contributed by atoms with E-state index in [1.54, 1.807) is 0 Å². The summed E-state index contributed by atoms with van der Waals surface area (Å²) in [7, 11) is 0. The van der Waals surface area contributed by atoms with Gasteiger partial charge in [0.2, 0.25) is 0 Å². The quantitative estimate of drug-likeness (QED) is 0.891. The summed E-state index contributed by atoms with van der Waals surface area (Å²) >= 11 is 3.35. The number of hydrogen-bond acceptors (Lipinski definition) is 3. The third kappa shape index (κ3) is 4.84. The van der Waals surface area contributed by atoms with Crippen LogP contribution < -0.4 is 15.8 Å². The molecule has 0 saturated heterocycles. The van der Waals surface area contributed by atoms with E-state index in [9.17, 15) is 4.79 Å². The molecule has 0 radical (unpaired) electrons. The van der Waals surface area contributed by atoms with Crippen molar-refractivity contribution in [2.24, 2.45) is 5.73 Å². The molecule has 4 nitrogen and oxygen atoms in total. The number of benzene rings is 1. The molecule has 5 heteroatoms. The standard InChI is InChI=1S/C14H19BrN2O2/c15-10-1-7-13(8-2-10)19-9-14(18)17-12-5-3-11(16)4-6-12/h1-2,7-8,11-12H,3-6,9,16H2,(H,17,18). The van der Waals surface area contributed by atoms with E-state index in [1.165, 1.54) is 0 Å². The second kappa shape index (κ2) is 6.91. The highest BCUT2D eigenvalue weighted by molar-refractivity contribution is 9.10. The maximum atomic E-state index is 11.8. The average Bonchev–Trinajstić information content (AvgIpc) is 2.41. The first-order valence-electron chi connectivity index (χ1n) is 6.57. The molecule has 2 rings (SSSR count). The van der Waals surface area contributed by atoms with Crippen molar-refractivity contribution in [2.45, 2.75) is 37.8 Å². The van der Waals surface area contributed by atoms with Crippen LogP contribution >= 0.6 is 15.9 Å². The zero-order valence-electron chi connectivity index (χ0n) is 10.8. The van der Waals surface area contributed by atoms with E-state index >= 15 is 0 Å². The lowest BCUT2D eigenvalue weighted by Gasteiger charge is -2.26. The SMILES string of the molecule is NC1CCC(NC(=O)COc2ccc(Br)cc2)CC1. The fraction of sp³-hybridized carbons (Fsp3) is 0.500. The van der Waals surface area contributed by atoms with Crippen molar-refractivity contribution in [1.29, 1.82) is 0 Å². The number of carbonyl (C=O) groups is 1. The molecule has 0 atom stereocenters. The van der Waals surface area contributed by atoms with Gasteiger partial charge in [-0.05, 0) is 49.9 Å². The first kappa shape index (κ1) is 14.3. The fourth-order valence-corrected chi connectivity index (χ4v) is 2.48. The second-order valence-electron chi connectivity index (χ2n) is 4.92. The summed E-state index contributed by atoms with van der Waals surface area (Å²) in [5.74, 6) is 0.632. The molecule has 0 unspecified atom stereocenters. The van der Waals surface area contributed by atoms with Crippen LogP contribution in [0.15, 0.2) is 28.7 Å². The molecule has 0 spiro atoms. The zero-order valence-corrected chi connectivity index (χ0v) is 12.4. The number of ether oxygens (including phenoxy) is 1. The van der Waals surface area contributed by atoms with Crippen molar-refractivity contribution < 1.29 is 9.53 Å². The summed E-state index contributed by atoms with van der Waals surface area (Å²) in [6.07, 6.45) is 3.90. The molecular weight excluding hydrogens is 308 g/mol. The van der Waals surface area contributed by atoms with Gasteiger partial charge < -0.3 is 15.8 Å². The highest BCUT2D eigenvalue weighted by Gasteiger charge is 2.19. The van der Waals surface area contributed by atoms with Gasteiger partial charge in [0.25, 0.3) is 5.91 Å². The van der Waals surface area contributed by atoms with E-state index in [0.717, 1.165) is 30.2 Å². The summed E-state index contributed by atoms with van der Waals surface area (Å²) in [6, 6.07) is 7.98. The Morgan fingerprint density at radius 1 is 1.26 bits per heavy atom. The third-order valence-electron chi connectivity index (χ3n) is 3.32. The lowest BCUT2D eigenvalue weighted by atomic mass is 9.92. The monoisotopic (exact) mass is 326 g/mol. The minimum Gasteiger partial charge on any atom is -0.484 e. The summed E-state index contributed by atoms with van der Waals surface area (Å²) in [6.45, 7) is 0.0597. The lowest BCUT2D eigenvalue weighted by molar-refractivity contribution is -0.124. The Morgan fingerprint density at radius 3 is 2.53 bits per heavy atom. The minimum absolute atomic E-state index is 0.0597. The van der Waals surface area contributed by atoms with Gasteiger partial charge in [-0.2, -0.15) is 0 Å². The zero-order chi connectivity index (χ0) is 13.7. The number of nitrogens with two attached hydrogens (primary N) is 1. The lowest BCUT2D eigenvalue weighted by Crippen LogP contribution is -2.42. The Bertz CT molecular complexity index is 414. The van der Waals surface area contributed by atoms with Crippen molar-refractivity contribution in [1.82, 2.24) is 5.32 Å². The summed E-state index contributed by atoms with van der Waals surface area (Å²) in [5, 5.41) is 2.99. The average molecular weight is 327 g/mol. The largest absolute Gasteiger partial charge is 0.484 e. The second-order valence-corrected chi connectivity index (χ2v) is 5.84. The van der Waals surface area contributed by atoms with Crippen LogP contribution in [0.3, 0.4) is 0 Å². The normalized spacial score (nSPS) is 22.8. The summed E-state index contributed by atoms with van der Waals surface area (Å²) in [4.78, 5) is 11.8. The van der Waals surface area contributed by atoms with E-state index in [0.29, 0.717) is 11.8 Å². The van der Waals surface area contributed by atoms with Crippen LogP contribution in [0, 0.1) is 0 Å². The Balaban J connectivity index is 1.71. The highest BCUT2D eigenvalue weighted by atomic mass is 79.9. The third-order valence-corrected chi connectivity index (χ3v) is 3.85. The number of halogens is 1. The van der Waals surface area contributed by atoms with Gasteiger partial charge in [0.15, 0.2) is 6.61 Å². The smallest absolute Gasteiger partial charge is 0.258 e. The fourth-order valence-electron chi connectivity index (χ4n) is 2.21. The molecule has 1 fully saturated rings. The van der Waals surface area contributed by atoms with E-state index in [4.69, 9.17) is 10.5 Å². The van der Waals surface area contributed by atoms with Gasteiger partial charge >= 0.3 is 0 Å². The van der Waals surface area contributed by atoms with Crippen LogP contribution in [0.1, 0.15) is 25.7 Å². The van der Waals surface area contributed by atoms with Gasteiger partial charge in [-0.1, -0.05) is 15.9 Å². The van der Waals surface area contributed by atoms with Crippen molar-refractivity contribution >= 4 is 21.8 Å². The molecular formula is C14H19BrN2O2. The molecule has 19 heavy (non-hydrogen) atoms. The molecule has 1 aromatic rings. The van der Waals surface area contributed by atoms with E-state index in [-0.39, 0.29) is 18.6 Å². The summed E-state index contributed by atoms with van der Waals surface area (Å²) < 4.78 is 6.42. The van der Waals surface area contributed by atoms with Gasteiger partial charge in [0.1, 0.15) is 5.75 Å². The van der Waals surface area contributed by atoms with Gasteiger partial charge in [-0.15, -0.1) is 0 Å². The first-order chi connectivity index (χ1) is 9.13. The van der Waals surface area contributed by atoms with E-state index in [2.05, 4.69) is 21.2 Å². The van der Waals surface area contributed by atoms with Gasteiger partial charge in [0, 0.05) is 16.6 Å². The first-order valence-corrected chi connectivity index (χ1v) is 7.36. The van der Waals surface area contributed by atoms with Crippen molar-refractivity contribution in [3.05, 3.63) is 28.7 Å². The van der Waals surface area contributed by atoms with Gasteiger partial charge in [0.05, 0.1) is 0 Å². The topological polar surface area (TPSA) is 64.3 Å². The molecule has 0 bridgehead atoms. The Labute approximate surface area is 121 Å². The predicted molar refractivity (Wildman–Crippen MR) is 78.0 cm³/mol. The Kier molecular flexibility index (Phi) is 5.22. The number of nitrogens with one attached hydrogen (secondary N) is 1. The van der Waals surface area contributed by atoms with Crippen LogP contribution in [0.2, 0.25) is 0 Å². The van der Waals surface area contributed by atoms with Crippen molar-refractivity contribution in [2.75, 3.05) is 6.61 Å². The molecule has 3 N–H and O–H groups in total. The van der Waals surface area contributed by atoms with Crippen LogP contribution in [0.4, 0.5) is 0 Å². The highest BCUT2D eigenvalue weighted by Crippen LogP contribution is 2.17. The van der Waals surface area contributed by atoms with Crippen LogP contribution in [0.25, 0.3) is 0 Å². The van der Waals surface area contributed by atoms with Crippen molar-refractivity contribution in [3.63, 3.8) is 0 Å². The van der Waals surface area contributed by atoms with Gasteiger partial charge in [-0.25, -0.2) is 0 Å². The number of amides is 1. The number of carbonyl (C=O) groups excluding carboxylic acids is 1. The molecule has 0 heterocycles. The van der Waals surface area contributed by atoms with E-state index in [1.807, 2.05) is 24.3 Å². The molecule has 1 amide bonds. The molecule has 1 aliphatic rings.